The van der Waals surface area contributed by atoms with Crippen molar-refractivity contribution in [2.24, 2.45) is 0 Å². The van der Waals surface area contributed by atoms with Gasteiger partial charge in [0.15, 0.2) is 0 Å². The fourth-order valence-corrected chi connectivity index (χ4v) is 8.62. The van der Waals surface area contributed by atoms with Gasteiger partial charge in [0.05, 0.1) is 32.3 Å². The number of nitrogens with zero attached hydrogens (tertiary/aromatic N) is 4. The Kier molecular flexibility index (Phi) is 5.97. The molecule has 0 saturated carbocycles. The molecule has 10 rings (SSSR count). The Morgan fingerprint density at radius 1 is 0.551 bits per heavy atom. The van der Waals surface area contributed by atoms with E-state index >= 15 is 0 Å². The molecule has 4 aromatic heterocycles. The van der Waals surface area contributed by atoms with Crippen molar-refractivity contribution in [3.63, 3.8) is 0 Å². The van der Waals surface area contributed by atoms with E-state index in [1.807, 2.05) is 6.20 Å². The molecule has 0 bridgehead atoms. The highest BCUT2D eigenvalue weighted by molar-refractivity contribution is 7.21. The normalized spacial score (nSPS) is 12.4. The molecule has 6 aromatic carbocycles. The highest BCUT2D eigenvalue weighted by Crippen LogP contribution is 2.43. The van der Waals surface area contributed by atoms with Gasteiger partial charge in [0.25, 0.3) is 0 Å². The molecular weight excluding hydrogens is 617 g/mol. The summed E-state index contributed by atoms with van der Waals surface area (Å²) >= 11 is 1.76. The SMILES string of the molecule is CC(C)(C)c1ccnc(-n2c3ccccc3c3ccc(-n4c5ccccc5c5c6ccccc6c(-c6nc7ccccc7s6)cc54)cc32)c1. The van der Waals surface area contributed by atoms with E-state index in [2.05, 4.69) is 163 Å². The van der Waals surface area contributed by atoms with Crippen LogP contribution in [0, 0.1) is 0 Å². The monoisotopic (exact) mass is 648 g/mol. The van der Waals surface area contributed by atoms with Gasteiger partial charge in [0.2, 0.25) is 0 Å². The summed E-state index contributed by atoms with van der Waals surface area (Å²) in [6.07, 6.45) is 1.95. The van der Waals surface area contributed by atoms with Crippen LogP contribution in [-0.2, 0) is 5.41 Å². The summed E-state index contributed by atoms with van der Waals surface area (Å²) in [6, 6.07) is 48.3. The zero-order valence-electron chi connectivity index (χ0n) is 27.5. The van der Waals surface area contributed by atoms with Gasteiger partial charge in [-0.2, -0.15) is 0 Å². The summed E-state index contributed by atoms with van der Waals surface area (Å²) in [4.78, 5) is 10.1. The van der Waals surface area contributed by atoms with Gasteiger partial charge in [-0.1, -0.05) is 99.6 Å². The van der Waals surface area contributed by atoms with Crippen molar-refractivity contribution in [1.82, 2.24) is 19.1 Å². The minimum Gasteiger partial charge on any atom is -0.309 e. The van der Waals surface area contributed by atoms with E-state index in [1.165, 1.54) is 53.6 Å². The number of hydrogen-bond donors (Lipinski definition) is 0. The quantitative estimate of drug-likeness (QED) is 0.191. The van der Waals surface area contributed by atoms with Crippen molar-refractivity contribution >= 4 is 75.9 Å². The molecule has 49 heavy (non-hydrogen) atoms. The Morgan fingerprint density at radius 2 is 1.22 bits per heavy atom. The highest BCUT2D eigenvalue weighted by Gasteiger charge is 2.22. The van der Waals surface area contributed by atoms with Crippen LogP contribution in [0.2, 0.25) is 0 Å². The van der Waals surface area contributed by atoms with Crippen LogP contribution in [0.4, 0.5) is 0 Å². The summed E-state index contributed by atoms with van der Waals surface area (Å²) in [6.45, 7) is 6.76. The molecule has 0 atom stereocenters. The van der Waals surface area contributed by atoms with Crippen molar-refractivity contribution < 1.29 is 0 Å². The van der Waals surface area contributed by atoms with Crippen LogP contribution >= 0.6 is 11.3 Å². The lowest BCUT2D eigenvalue weighted by Gasteiger charge is -2.20. The van der Waals surface area contributed by atoms with E-state index in [-0.39, 0.29) is 5.41 Å². The minimum atomic E-state index is 0.00827. The summed E-state index contributed by atoms with van der Waals surface area (Å²) < 4.78 is 5.97. The number of fused-ring (bicyclic) bond motifs is 9. The molecule has 0 aliphatic carbocycles. The van der Waals surface area contributed by atoms with Gasteiger partial charge in [0, 0.05) is 39.0 Å². The number of pyridine rings is 1. The van der Waals surface area contributed by atoms with Crippen molar-refractivity contribution in [3.05, 3.63) is 145 Å². The summed E-state index contributed by atoms with van der Waals surface area (Å²) in [5, 5.41) is 8.43. The number of benzene rings is 6. The Labute approximate surface area is 287 Å². The Balaban J connectivity index is 1.30. The molecule has 0 aliphatic heterocycles. The first-order chi connectivity index (χ1) is 23.9. The number of thiazole rings is 1. The molecule has 0 N–H and O–H groups in total. The van der Waals surface area contributed by atoms with Gasteiger partial charge in [-0.15, -0.1) is 11.3 Å². The predicted octanol–water partition coefficient (Wildman–Crippen LogP) is 12.0. The molecule has 5 heteroatoms. The third-order valence-corrected chi connectivity index (χ3v) is 11.0. The smallest absolute Gasteiger partial charge is 0.137 e. The van der Waals surface area contributed by atoms with E-state index in [0.717, 1.165) is 38.6 Å². The van der Waals surface area contributed by atoms with Crippen LogP contribution < -0.4 is 0 Å². The van der Waals surface area contributed by atoms with Gasteiger partial charge in [0.1, 0.15) is 10.8 Å². The number of hydrogen-bond acceptors (Lipinski definition) is 3. The molecule has 4 heterocycles. The first-order valence-corrected chi connectivity index (χ1v) is 17.6. The molecule has 0 saturated heterocycles. The maximum absolute atomic E-state index is 5.13. The summed E-state index contributed by atoms with van der Waals surface area (Å²) in [5.74, 6) is 0.933. The molecule has 0 unspecified atom stereocenters. The van der Waals surface area contributed by atoms with E-state index < -0.39 is 0 Å². The van der Waals surface area contributed by atoms with E-state index in [4.69, 9.17) is 9.97 Å². The largest absolute Gasteiger partial charge is 0.309 e. The van der Waals surface area contributed by atoms with E-state index in [0.29, 0.717) is 0 Å². The lowest BCUT2D eigenvalue weighted by atomic mass is 9.88. The third kappa shape index (κ3) is 4.22. The van der Waals surface area contributed by atoms with Gasteiger partial charge in [-0.05, 0) is 76.3 Å². The minimum absolute atomic E-state index is 0.00827. The molecule has 0 spiro atoms. The molecule has 0 aliphatic rings. The lowest BCUT2D eigenvalue weighted by Crippen LogP contribution is -2.12. The molecule has 10 aromatic rings. The second-order valence-corrected chi connectivity index (χ2v) is 14.9. The first kappa shape index (κ1) is 28.3. The highest BCUT2D eigenvalue weighted by atomic mass is 32.1. The van der Waals surface area contributed by atoms with Gasteiger partial charge >= 0.3 is 0 Å². The second kappa shape index (κ2) is 10.4. The van der Waals surface area contributed by atoms with Gasteiger partial charge in [-0.3, -0.25) is 4.57 Å². The number of aromatic nitrogens is 4. The van der Waals surface area contributed by atoms with E-state index in [9.17, 15) is 0 Å². The molecule has 0 radical (unpaired) electrons. The average Bonchev–Trinajstić information content (AvgIpc) is 3.81. The maximum Gasteiger partial charge on any atom is 0.137 e. The molecule has 0 amide bonds. The Bertz CT molecular complexity index is 2900. The van der Waals surface area contributed by atoms with Crippen molar-refractivity contribution in [2.75, 3.05) is 0 Å². The van der Waals surface area contributed by atoms with Crippen molar-refractivity contribution in [1.29, 1.82) is 0 Å². The molecular formula is C44H32N4S. The standard InChI is InChI=1S/C44H32N4S/c1-44(2,3)27-22-23-45-41(24-27)48-36-17-9-6-13-30(36)31-21-20-28(25-38(31)48)47-37-18-10-7-15-33(37)42-32-14-5-4-12-29(32)34(26-39(42)47)43-46-35-16-8-11-19-40(35)49-43/h4-26H,1-3H3. The van der Waals surface area contributed by atoms with Crippen LogP contribution in [0.1, 0.15) is 26.3 Å². The number of rotatable bonds is 3. The van der Waals surface area contributed by atoms with Crippen LogP contribution in [0.5, 0.6) is 0 Å². The molecule has 0 fully saturated rings. The second-order valence-electron chi connectivity index (χ2n) is 13.9. The predicted molar refractivity (Wildman–Crippen MR) is 208 cm³/mol. The fourth-order valence-electron chi connectivity index (χ4n) is 7.62. The third-order valence-electron chi connectivity index (χ3n) is 9.96. The van der Waals surface area contributed by atoms with Crippen LogP contribution in [-0.4, -0.2) is 19.1 Å². The van der Waals surface area contributed by atoms with Gasteiger partial charge < -0.3 is 4.57 Å². The van der Waals surface area contributed by atoms with Crippen molar-refractivity contribution in [3.8, 4) is 22.1 Å². The first-order valence-electron chi connectivity index (χ1n) is 16.8. The van der Waals surface area contributed by atoms with E-state index in [1.54, 1.807) is 11.3 Å². The maximum atomic E-state index is 5.13. The van der Waals surface area contributed by atoms with Crippen LogP contribution in [0.25, 0.3) is 86.7 Å². The lowest BCUT2D eigenvalue weighted by molar-refractivity contribution is 0.588. The Hall–Kier alpha value is -5.78. The topological polar surface area (TPSA) is 35.6 Å². The molecule has 4 nitrogen and oxygen atoms in total. The van der Waals surface area contributed by atoms with Crippen LogP contribution in [0.15, 0.2) is 140 Å². The Morgan fingerprint density at radius 3 is 2.02 bits per heavy atom. The zero-order valence-corrected chi connectivity index (χ0v) is 28.3. The zero-order chi connectivity index (χ0) is 32.9. The summed E-state index contributed by atoms with van der Waals surface area (Å²) in [5.41, 5.74) is 9.21. The number of para-hydroxylation sites is 3. The van der Waals surface area contributed by atoms with Crippen LogP contribution in [0.3, 0.4) is 0 Å². The molecule has 234 valence electrons. The average molecular weight is 649 g/mol. The fraction of sp³-hybridized carbons (Fsp3) is 0.0909. The van der Waals surface area contributed by atoms with Crippen molar-refractivity contribution in [2.45, 2.75) is 26.2 Å². The van der Waals surface area contributed by atoms with Gasteiger partial charge in [-0.25, -0.2) is 9.97 Å². The summed E-state index contributed by atoms with van der Waals surface area (Å²) in [7, 11) is 0.